The number of unbranched alkanes of at least 4 members (excludes halogenated alkanes) is 10. The molecule has 0 spiro atoms. The van der Waals surface area contributed by atoms with Crippen LogP contribution in [0.4, 0.5) is 0 Å². The third-order valence-corrected chi connectivity index (χ3v) is 7.25. The number of nitrogens with one attached hydrogen (secondary N) is 2. The lowest BCUT2D eigenvalue weighted by molar-refractivity contribution is 0.227. The van der Waals surface area contributed by atoms with Crippen molar-refractivity contribution >= 4 is 5.96 Å². The monoisotopic (exact) mass is 405 g/mol. The number of hydrogen-bond donors (Lipinski definition) is 2. The fraction of sp³-hybridized carbons (Fsp3) is 0.962. The molecule has 0 aromatic heterocycles. The Morgan fingerprint density at radius 2 is 1.17 bits per heavy atom. The van der Waals surface area contributed by atoms with Gasteiger partial charge in [0.25, 0.3) is 0 Å². The minimum absolute atomic E-state index is 0.555. The first-order chi connectivity index (χ1) is 14.3. The van der Waals surface area contributed by atoms with Crippen LogP contribution in [0.15, 0.2) is 0 Å². The molecule has 2 saturated carbocycles. The average Bonchev–Trinajstić information content (AvgIpc) is 2.76. The number of guanidine groups is 1. The van der Waals surface area contributed by atoms with Gasteiger partial charge in [0.05, 0.1) is 0 Å². The molecule has 3 heteroatoms. The van der Waals surface area contributed by atoms with Crippen molar-refractivity contribution in [1.82, 2.24) is 10.2 Å². The van der Waals surface area contributed by atoms with Crippen molar-refractivity contribution in [3.05, 3.63) is 0 Å². The summed E-state index contributed by atoms with van der Waals surface area (Å²) in [5.74, 6) is 0.746. The van der Waals surface area contributed by atoms with Gasteiger partial charge >= 0.3 is 0 Å². The van der Waals surface area contributed by atoms with Crippen molar-refractivity contribution in [1.29, 1.82) is 5.41 Å². The Bertz CT molecular complexity index is 397. The molecule has 0 aromatic rings. The summed E-state index contributed by atoms with van der Waals surface area (Å²) < 4.78 is 0. The third kappa shape index (κ3) is 10.7. The molecule has 29 heavy (non-hydrogen) atoms. The van der Waals surface area contributed by atoms with Crippen LogP contribution in [0.25, 0.3) is 0 Å². The van der Waals surface area contributed by atoms with E-state index in [0.29, 0.717) is 12.1 Å². The standard InChI is InChI=1S/C26H51N3/c1-2-3-4-5-6-7-8-9-10-11-18-23-29(25-21-16-13-17-22-25)26(27)28-24-19-14-12-15-20-24/h24-25H,2-23H2,1H3,(H2,27,28). The molecule has 0 bridgehead atoms. The van der Waals surface area contributed by atoms with Gasteiger partial charge in [-0.2, -0.15) is 0 Å². The Balaban J connectivity index is 1.60. The minimum Gasteiger partial charge on any atom is -0.354 e. The molecule has 0 aromatic carbocycles. The van der Waals surface area contributed by atoms with Crippen LogP contribution >= 0.6 is 0 Å². The lowest BCUT2D eigenvalue weighted by Crippen LogP contribution is -2.51. The third-order valence-electron chi connectivity index (χ3n) is 7.25. The number of nitrogens with zero attached hydrogens (tertiary/aromatic N) is 1. The molecule has 2 rings (SSSR count). The second-order valence-electron chi connectivity index (χ2n) is 9.85. The van der Waals surface area contributed by atoms with Crippen molar-refractivity contribution in [3.63, 3.8) is 0 Å². The van der Waals surface area contributed by atoms with Gasteiger partial charge < -0.3 is 10.2 Å². The van der Waals surface area contributed by atoms with E-state index in [4.69, 9.17) is 5.41 Å². The van der Waals surface area contributed by atoms with E-state index in [1.807, 2.05) is 0 Å². The molecular formula is C26H51N3. The highest BCUT2D eigenvalue weighted by Gasteiger charge is 2.24. The minimum atomic E-state index is 0.555. The van der Waals surface area contributed by atoms with Gasteiger partial charge in [0, 0.05) is 18.6 Å². The second-order valence-corrected chi connectivity index (χ2v) is 9.85. The van der Waals surface area contributed by atoms with E-state index in [2.05, 4.69) is 17.1 Å². The van der Waals surface area contributed by atoms with Gasteiger partial charge in [-0.25, -0.2) is 0 Å². The Hall–Kier alpha value is -0.730. The predicted molar refractivity (Wildman–Crippen MR) is 128 cm³/mol. The van der Waals surface area contributed by atoms with E-state index in [0.717, 1.165) is 12.5 Å². The quantitative estimate of drug-likeness (QED) is 0.176. The maximum atomic E-state index is 8.77. The molecule has 0 atom stereocenters. The molecule has 2 fully saturated rings. The first kappa shape index (κ1) is 24.5. The topological polar surface area (TPSA) is 39.1 Å². The molecular weight excluding hydrogens is 354 g/mol. The summed E-state index contributed by atoms with van der Waals surface area (Å²) in [7, 11) is 0. The fourth-order valence-corrected chi connectivity index (χ4v) is 5.34. The average molecular weight is 406 g/mol. The Morgan fingerprint density at radius 1 is 0.690 bits per heavy atom. The van der Waals surface area contributed by atoms with Crippen molar-refractivity contribution in [3.8, 4) is 0 Å². The summed E-state index contributed by atoms with van der Waals surface area (Å²) in [5, 5.41) is 12.4. The maximum Gasteiger partial charge on any atom is 0.191 e. The summed E-state index contributed by atoms with van der Waals surface area (Å²) in [4.78, 5) is 2.46. The summed E-state index contributed by atoms with van der Waals surface area (Å²) in [6, 6.07) is 1.18. The van der Waals surface area contributed by atoms with E-state index < -0.39 is 0 Å². The van der Waals surface area contributed by atoms with Crippen LogP contribution in [0.5, 0.6) is 0 Å². The lowest BCUT2D eigenvalue weighted by Gasteiger charge is -2.38. The van der Waals surface area contributed by atoms with Crippen LogP contribution in [0.2, 0.25) is 0 Å². The van der Waals surface area contributed by atoms with E-state index >= 15 is 0 Å². The van der Waals surface area contributed by atoms with Crippen molar-refractivity contribution < 1.29 is 0 Å². The smallest absolute Gasteiger partial charge is 0.191 e. The van der Waals surface area contributed by atoms with E-state index in [1.54, 1.807) is 0 Å². The van der Waals surface area contributed by atoms with E-state index in [-0.39, 0.29) is 0 Å². The summed E-state index contributed by atoms with van der Waals surface area (Å²) in [6.45, 7) is 3.39. The van der Waals surface area contributed by atoms with Crippen molar-refractivity contribution in [2.75, 3.05) is 6.54 Å². The molecule has 0 aliphatic heterocycles. The highest BCUT2D eigenvalue weighted by molar-refractivity contribution is 5.77. The first-order valence-corrected chi connectivity index (χ1v) is 13.4. The van der Waals surface area contributed by atoms with Gasteiger partial charge in [-0.05, 0) is 32.1 Å². The predicted octanol–water partition coefficient (Wildman–Crippen LogP) is 7.79. The zero-order valence-corrected chi connectivity index (χ0v) is 19.7. The van der Waals surface area contributed by atoms with Crippen molar-refractivity contribution in [2.45, 2.75) is 154 Å². The molecule has 3 nitrogen and oxygen atoms in total. The molecule has 2 aliphatic rings. The van der Waals surface area contributed by atoms with Gasteiger partial charge in [0.15, 0.2) is 5.96 Å². The largest absolute Gasteiger partial charge is 0.354 e. The van der Waals surface area contributed by atoms with Crippen LogP contribution in [-0.2, 0) is 0 Å². The van der Waals surface area contributed by atoms with Crippen molar-refractivity contribution in [2.24, 2.45) is 0 Å². The first-order valence-electron chi connectivity index (χ1n) is 13.4. The van der Waals surface area contributed by atoms with Crippen LogP contribution < -0.4 is 5.32 Å². The molecule has 2 aliphatic carbocycles. The van der Waals surface area contributed by atoms with Gasteiger partial charge in [-0.1, -0.05) is 110 Å². The van der Waals surface area contributed by atoms with Crippen LogP contribution in [0.3, 0.4) is 0 Å². The zero-order valence-electron chi connectivity index (χ0n) is 19.7. The van der Waals surface area contributed by atoms with Crippen LogP contribution in [0, 0.1) is 5.41 Å². The zero-order chi connectivity index (χ0) is 20.6. The van der Waals surface area contributed by atoms with E-state index in [9.17, 15) is 0 Å². The van der Waals surface area contributed by atoms with Crippen LogP contribution in [0.1, 0.15) is 142 Å². The summed E-state index contributed by atoms with van der Waals surface area (Å²) in [6.07, 6.45) is 28.7. The molecule has 0 saturated heterocycles. The highest BCUT2D eigenvalue weighted by atomic mass is 15.3. The number of hydrogen-bond acceptors (Lipinski definition) is 1. The molecule has 0 amide bonds. The molecule has 170 valence electrons. The van der Waals surface area contributed by atoms with Gasteiger partial charge in [0.1, 0.15) is 0 Å². The Labute approximate surface area is 182 Å². The number of rotatable bonds is 14. The summed E-state index contributed by atoms with van der Waals surface area (Å²) in [5.41, 5.74) is 0. The van der Waals surface area contributed by atoms with E-state index in [1.165, 1.54) is 135 Å². The van der Waals surface area contributed by atoms with Gasteiger partial charge in [-0.15, -0.1) is 0 Å². The Morgan fingerprint density at radius 3 is 1.72 bits per heavy atom. The second kappa shape index (κ2) is 16.0. The molecule has 0 unspecified atom stereocenters. The van der Waals surface area contributed by atoms with Gasteiger partial charge in [-0.3, -0.25) is 5.41 Å². The lowest BCUT2D eigenvalue weighted by atomic mass is 9.93. The maximum absolute atomic E-state index is 8.77. The van der Waals surface area contributed by atoms with Crippen LogP contribution in [-0.4, -0.2) is 29.5 Å². The normalized spacial score (nSPS) is 18.7. The Kier molecular flexibility index (Phi) is 13.6. The summed E-state index contributed by atoms with van der Waals surface area (Å²) >= 11 is 0. The fourth-order valence-electron chi connectivity index (χ4n) is 5.34. The highest BCUT2D eigenvalue weighted by Crippen LogP contribution is 2.24. The molecule has 0 heterocycles. The molecule has 0 radical (unpaired) electrons. The van der Waals surface area contributed by atoms with Gasteiger partial charge in [0.2, 0.25) is 0 Å². The SMILES string of the molecule is CCCCCCCCCCCCCN(C(=N)NC1CCCCC1)C1CCCCC1. The molecule has 2 N–H and O–H groups in total.